The van der Waals surface area contributed by atoms with Crippen LogP contribution in [0.4, 0.5) is 0 Å². The van der Waals surface area contributed by atoms with E-state index in [0.29, 0.717) is 19.4 Å². The van der Waals surface area contributed by atoms with Crippen LogP contribution in [0.5, 0.6) is 0 Å². The van der Waals surface area contributed by atoms with Crippen LogP contribution in [0, 0.1) is 0 Å². The Balaban J connectivity index is 2.24. The summed E-state index contributed by atoms with van der Waals surface area (Å²) in [4.78, 5) is 11.2. The fraction of sp³-hybridized carbons (Fsp3) is 0.923. The minimum atomic E-state index is -3.70. The Labute approximate surface area is 114 Å². The first-order valence-corrected chi connectivity index (χ1v) is 8.37. The summed E-state index contributed by atoms with van der Waals surface area (Å²) < 4.78 is 29.2. The van der Waals surface area contributed by atoms with Gasteiger partial charge in [0, 0.05) is 6.61 Å². The molecule has 19 heavy (non-hydrogen) atoms. The van der Waals surface area contributed by atoms with Crippen molar-refractivity contribution in [2.45, 2.75) is 68.0 Å². The molecule has 1 N–H and O–H groups in total. The zero-order chi connectivity index (χ0) is 14.3. The second-order valence-electron chi connectivity index (χ2n) is 6.21. The summed E-state index contributed by atoms with van der Waals surface area (Å²) in [5, 5.41) is 8.56. The van der Waals surface area contributed by atoms with E-state index in [0.717, 1.165) is 25.7 Å². The van der Waals surface area contributed by atoms with Crippen molar-refractivity contribution in [1.82, 2.24) is 0 Å². The van der Waals surface area contributed by atoms with Gasteiger partial charge in [0.1, 0.15) is 0 Å². The van der Waals surface area contributed by atoms with Gasteiger partial charge in [-0.2, -0.15) is 0 Å². The highest BCUT2D eigenvalue weighted by Crippen LogP contribution is 2.43. The summed E-state index contributed by atoms with van der Waals surface area (Å²) in [7, 11) is -3.70. The van der Waals surface area contributed by atoms with Crippen LogP contribution in [0.15, 0.2) is 0 Å². The van der Waals surface area contributed by atoms with E-state index in [1.165, 1.54) is 13.8 Å². The molecule has 1 saturated heterocycles. The molecule has 0 amide bonds. The number of carboxylic acids is 1. The van der Waals surface area contributed by atoms with Gasteiger partial charge in [0.2, 0.25) is 0 Å². The minimum absolute atomic E-state index is 0.315. The van der Waals surface area contributed by atoms with Gasteiger partial charge >= 0.3 is 5.97 Å². The van der Waals surface area contributed by atoms with Crippen LogP contribution in [-0.4, -0.2) is 41.7 Å². The standard InChI is InChI=1S/C13H22O5S/c1-12(2,11(14)15)19(16,17)10-5-8-18-13(9-10)6-3-4-7-13/h10H,3-9H2,1-2H3,(H,14,15). The normalized spacial score (nSPS) is 27.6. The molecule has 1 atom stereocenters. The van der Waals surface area contributed by atoms with Gasteiger partial charge < -0.3 is 9.84 Å². The maximum Gasteiger partial charge on any atom is 0.324 e. The van der Waals surface area contributed by atoms with Gasteiger partial charge in [-0.05, 0) is 39.5 Å². The van der Waals surface area contributed by atoms with Gasteiger partial charge in [0.25, 0.3) is 0 Å². The maximum atomic E-state index is 12.6. The Hall–Kier alpha value is -0.620. The average molecular weight is 290 g/mol. The number of ether oxygens (including phenoxy) is 1. The van der Waals surface area contributed by atoms with Crippen LogP contribution in [0.1, 0.15) is 52.4 Å². The lowest BCUT2D eigenvalue weighted by molar-refractivity contribution is -0.139. The number of rotatable bonds is 3. The van der Waals surface area contributed by atoms with E-state index >= 15 is 0 Å². The molecule has 0 aromatic carbocycles. The number of hydrogen-bond donors (Lipinski definition) is 1. The topological polar surface area (TPSA) is 80.7 Å². The van der Waals surface area contributed by atoms with E-state index in [-0.39, 0.29) is 5.60 Å². The van der Waals surface area contributed by atoms with Crippen molar-refractivity contribution in [2.75, 3.05) is 6.61 Å². The summed E-state index contributed by atoms with van der Waals surface area (Å²) in [5.41, 5.74) is -0.315. The number of carbonyl (C=O) groups is 1. The van der Waals surface area contributed by atoms with Crippen molar-refractivity contribution in [3.63, 3.8) is 0 Å². The second kappa shape index (κ2) is 4.74. The molecule has 1 saturated carbocycles. The van der Waals surface area contributed by atoms with Crippen LogP contribution in [0.25, 0.3) is 0 Å². The van der Waals surface area contributed by atoms with E-state index in [1.807, 2.05) is 0 Å². The third-order valence-corrected chi connectivity index (χ3v) is 7.50. The largest absolute Gasteiger partial charge is 0.480 e. The quantitative estimate of drug-likeness (QED) is 0.856. The summed E-state index contributed by atoms with van der Waals surface area (Å²) >= 11 is 0. The van der Waals surface area contributed by atoms with Gasteiger partial charge in [-0.15, -0.1) is 0 Å². The third kappa shape index (κ3) is 2.40. The van der Waals surface area contributed by atoms with Crippen molar-refractivity contribution >= 4 is 15.8 Å². The van der Waals surface area contributed by atoms with Crippen molar-refractivity contribution in [1.29, 1.82) is 0 Å². The van der Waals surface area contributed by atoms with Crippen LogP contribution in [-0.2, 0) is 19.4 Å². The molecule has 1 aliphatic carbocycles. The highest BCUT2D eigenvalue weighted by molar-refractivity contribution is 7.94. The molecule has 6 heteroatoms. The summed E-state index contributed by atoms with van der Waals surface area (Å²) in [6.07, 6.45) is 4.77. The molecule has 1 heterocycles. The number of carboxylic acid groups (broad SMARTS) is 1. The zero-order valence-corrected chi connectivity index (χ0v) is 12.3. The molecular weight excluding hydrogens is 268 g/mol. The van der Waals surface area contributed by atoms with Crippen LogP contribution < -0.4 is 0 Å². The van der Waals surface area contributed by atoms with E-state index in [4.69, 9.17) is 9.84 Å². The molecule has 0 radical (unpaired) electrons. The lowest BCUT2D eigenvalue weighted by Crippen LogP contribution is -2.51. The fourth-order valence-corrected chi connectivity index (χ4v) is 5.16. The third-order valence-electron chi connectivity index (χ3n) is 4.63. The molecular formula is C13H22O5S. The Kier molecular flexibility index (Phi) is 3.68. The Bertz CT molecular complexity index is 459. The molecule has 2 aliphatic rings. The number of hydrogen-bond acceptors (Lipinski definition) is 4. The highest BCUT2D eigenvalue weighted by Gasteiger charge is 2.51. The highest BCUT2D eigenvalue weighted by atomic mass is 32.2. The molecule has 2 fully saturated rings. The first-order chi connectivity index (χ1) is 8.71. The first-order valence-electron chi connectivity index (χ1n) is 6.82. The molecule has 5 nitrogen and oxygen atoms in total. The van der Waals surface area contributed by atoms with Crippen molar-refractivity contribution in [3.8, 4) is 0 Å². The average Bonchev–Trinajstić information content (AvgIpc) is 2.76. The van der Waals surface area contributed by atoms with Gasteiger partial charge in [-0.25, -0.2) is 8.42 Å². The molecule has 0 aromatic heterocycles. The summed E-state index contributed by atoms with van der Waals surface area (Å²) in [6.45, 7) is 2.97. The van der Waals surface area contributed by atoms with Crippen molar-refractivity contribution < 1.29 is 23.1 Å². The van der Waals surface area contributed by atoms with Crippen LogP contribution in [0.3, 0.4) is 0 Å². The second-order valence-corrected chi connectivity index (χ2v) is 8.99. The Morgan fingerprint density at radius 1 is 1.32 bits per heavy atom. The predicted octanol–water partition coefficient (Wildman–Crippen LogP) is 1.76. The monoisotopic (exact) mass is 290 g/mol. The van der Waals surface area contributed by atoms with Gasteiger partial charge in [0.05, 0.1) is 10.9 Å². The number of aliphatic carboxylic acids is 1. The van der Waals surface area contributed by atoms with Crippen LogP contribution >= 0.6 is 0 Å². The van der Waals surface area contributed by atoms with Gasteiger partial charge in [-0.1, -0.05) is 12.8 Å². The van der Waals surface area contributed by atoms with E-state index < -0.39 is 25.8 Å². The minimum Gasteiger partial charge on any atom is -0.480 e. The van der Waals surface area contributed by atoms with E-state index in [1.54, 1.807) is 0 Å². The lowest BCUT2D eigenvalue weighted by atomic mass is 9.92. The predicted molar refractivity (Wildman–Crippen MR) is 70.8 cm³/mol. The summed E-state index contributed by atoms with van der Waals surface area (Å²) in [5.74, 6) is -1.28. The fourth-order valence-electron chi connectivity index (χ4n) is 3.15. The van der Waals surface area contributed by atoms with Crippen molar-refractivity contribution in [2.24, 2.45) is 0 Å². The van der Waals surface area contributed by atoms with E-state index in [9.17, 15) is 13.2 Å². The van der Waals surface area contributed by atoms with E-state index in [2.05, 4.69) is 0 Å². The molecule has 1 spiro atoms. The molecule has 2 rings (SSSR count). The maximum absolute atomic E-state index is 12.6. The lowest BCUT2D eigenvalue weighted by Gasteiger charge is -2.39. The Morgan fingerprint density at radius 3 is 2.42 bits per heavy atom. The smallest absolute Gasteiger partial charge is 0.324 e. The van der Waals surface area contributed by atoms with Gasteiger partial charge in [0.15, 0.2) is 14.6 Å². The SMILES string of the molecule is CC(C)(C(=O)O)S(=O)(=O)C1CCOC2(CCCC2)C1. The zero-order valence-electron chi connectivity index (χ0n) is 11.5. The molecule has 0 aromatic rings. The molecule has 1 aliphatic heterocycles. The summed E-state index contributed by atoms with van der Waals surface area (Å²) in [6, 6.07) is 0. The first kappa shape index (κ1) is 14.8. The van der Waals surface area contributed by atoms with Crippen molar-refractivity contribution in [3.05, 3.63) is 0 Å². The molecule has 0 bridgehead atoms. The Morgan fingerprint density at radius 2 is 1.89 bits per heavy atom. The molecule has 110 valence electrons. The van der Waals surface area contributed by atoms with Gasteiger partial charge in [-0.3, -0.25) is 4.79 Å². The molecule has 1 unspecified atom stereocenters. The number of sulfone groups is 1. The van der Waals surface area contributed by atoms with Crippen LogP contribution in [0.2, 0.25) is 0 Å².